The van der Waals surface area contributed by atoms with Crippen molar-refractivity contribution in [3.63, 3.8) is 0 Å². The molecule has 2 aromatic rings. The maximum Gasteiger partial charge on any atom is 0.266 e. The fourth-order valence-corrected chi connectivity index (χ4v) is 3.65. The van der Waals surface area contributed by atoms with Crippen molar-refractivity contribution in [2.24, 2.45) is 0 Å². The van der Waals surface area contributed by atoms with Gasteiger partial charge in [-0.15, -0.1) is 0 Å². The molecule has 0 aromatic heterocycles. The van der Waals surface area contributed by atoms with Crippen LogP contribution < -0.4 is 10.0 Å². The predicted molar refractivity (Wildman–Crippen MR) is 90.0 cm³/mol. The first kappa shape index (κ1) is 15.9. The Kier molecular flexibility index (Phi) is 4.58. The minimum Gasteiger partial charge on any atom is -0.398 e. The average molecular weight is 369 g/mol. The SMILES string of the molecule is CCc1ccc(N(C)S(=O)(=O)c2ccc(Br)cc2N)cc1. The van der Waals surface area contributed by atoms with Gasteiger partial charge >= 0.3 is 0 Å². The molecule has 0 heterocycles. The summed E-state index contributed by atoms with van der Waals surface area (Å²) in [6.45, 7) is 2.05. The molecule has 0 unspecified atom stereocenters. The molecule has 0 saturated heterocycles. The second kappa shape index (κ2) is 6.07. The van der Waals surface area contributed by atoms with Crippen LogP contribution in [0.4, 0.5) is 11.4 Å². The smallest absolute Gasteiger partial charge is 0.266 e. The van der Waals surface area contributed by atoms with E-state index >= 15 is 0 Å². The highest BCUT2D eigenvalue weighted by atomic mass is 79.9. The Morgan fingerprint density at radius 2 is 1.76 bits per heavy atom. The molecular weight excluding hydrogens is 352 g/mol. The number of aryl methyl sites for hydroxylation is 1. The topological polar surface area (TPSA) is 63.4 Å². The number of hydrogen-bond acceptors (Lipinski definition) is 3. The zero-order valence-corrected chi connectivity index (χ0v) is 14.3. The number of sulfonamides is 1. The zero-order valence-electron chi connectivity index (χ0n) is 11.9. The third-order valence-electron chi connectivity index (χ3n) is 3.32. The first-order chi connectivity index (χ1) is 9.86. The van der Waals surface area contributed by atoms with Crippen LogP contribution in [0.1, 0.15) is 12.5 Å². The van der Waals surface area contributed by atoms with Gasteiger partial charge in [0.15, 0.2) is 0 Å². The van der Waals surface area contributed by atoms with Crippen LogP contribution in [0.15, 0.2) is 51.8 Å². The van der Waals surface area contributed by atoms with Crippen molar-refractivity contribution in [1.82, 2.24) is 0 Å². The lowest BCUT2D eigenvalue weighted by Crippen LogP contribution is -2.27. The number of halogens is 1. The Morgan fingerprint density at radius 3 is 2.29 bits per heavy atom. The molecule has 0 aliphatic carbocycles. The van der Waals surface area contributed by atoms with Crippen molar-refractivity contribution >= 4 is 37.3 Å². The maximum absolute atomic E-state index is 12.6. The quantitative estimate of drug-likeness (QED) is 0.840. The summed E-state index contributed by atoms with van der Waals surface area (Å²) >= 11 is 3.27. The number of nitrogens with zero attached hydrogens (tertiary/aromatic N) is 1. The molecular formula is C15H17BrN2O2S. The zero-order chi connectivity index (χ0) is 15.6. The van der Waals surface area contributed by atoms with E-state index in [1.54, 1.807) is 24.3 Å². The molecule has 0 fully saturated rings. The van der Waals surface area contributed by atoms with E-state index in [1.165, 1.54) is 17.4 Å². The Hall–Kier alpha value is -1.53. The Balaban J connectivity index is 2.42. The van der Waals surface area contributed by atoms with Gasteiger partial charge in [0.25, 0.3) is 10.0 Å². The molecule has 0 spiro atoms. The van der Waals surface area contributed by atoms with E-state index in [0.717, 1.165) is 16.5 Å². The lowest BCUT2D eigenvalue weighted by molar-refractivity contribution is 0.595. The number of nitrogen functional groups attached to an aromatic ring is 1. The Labute approximate surface area is 133 Å². The number of rotatable bonds is 4. The lowest BCUT2D eigenvalue weighted by Gasteiger charge is -2.20. The number of hydrogen-bond donors (Lipinski definition) is 1. The maximum atomic E-state index is 12.6. The van der Waals surface area contributed by atoms with E-state index in [1.807, 2.05) is 12.1 Å². The molecule has 0 aliphatic rings. The summed E-state index contributed by atoms with van der Waals surface area (Å²) in [5.41, 5.74) is 7.82. The molecule has 0 bridgehead atoms. The highest BCUT2D eigenvalue weighted by Gasteiger charge is 2.23. The summed E-state index contributed by atoms with van der Waals surface area (Å²) in [4.78, 5) is 0.104. The van der Waals surface area contributed by atoms with E-state index in [0.29, 0.717) is 5.69 Å². The van der Waals surface area contributed by atoms with E-state index in [2.05, 4.69) is 22.9 Å². The van der Waals surface area contributed by atoms with Gasteiger partial charge in [-0.05, 0) is 42.3 Å². The van der Waals surface area contributed by atoms with Crippen LogP contribution >= 0.6 is 15.9 Å². The molecule has 0 radical (unpaired) electrons. The highest BCUT2D eigenvalue weighted by molar-refractivity contribution is 9.10. The third-order valence-corrected chi connectivity index (χ3v) is 5.67. The van der Waals surface area contributed by atoms with Crippen LogP contribution in [0, 0.1) is 0 Å². The second-order valence-electron chi connectivity index (χ2n) is 4.67. The molecule has 0 aliphatic heterocycles. The molecule has 2 rings (SSSR count). The second-order valence-corrected chi connectivity index (χ2v) is 7.53. The summed E-state index contributed by atoms with van der Waals surface area (Å²) in [5, 5.41) is 0. The molecule has 21 heavy (non-hydrogen) atoms. The van der Waals surface area contributed by atoms with Gasteiger partial charge in [-0.25, -0.2) is 8.42 Å². The van der Waals surface area contributed by atoms with Gasteiger partial charge in [0.1, 0.15) is 4.90 Å². The lowest BCUT2D eigenvalue weighted by atomic mass is 10.1. The Bertz CT molecular complexity index is 743. The van der Waals surface area contributed by atoms with Gasteiger partial charge in [-0.2, -0.15) is 0 Å². The molecule has 0 atom stereocenters. The minimum atomic E-state index is -3.67. The van der Waals surface area contributed by atoms with Gasteiger partial charge in [-0.3, -0.25) is 4.31 Å². The summed E-state index contributed by atoms with van der Waals surface area (Å²) in [6.07, 6.45) is 0.913. The van der Waals surface area contributed by atoms with Gasteiger partial charge in [0.05, 0.1) is 11.4 Å². The normalized spacial score (nSPS) is 11.4. The Morgan fingerprint density at radius 1 is 1.14 bits per heavy atom. The fraction of sp³-hybridized carbons (Fsp3) is 0.200. The highest BCUT2D eigenvalue weighted by Crippen LogP contribution is 2.28. The van der Waals surface area contributed by atoms with Gasteiger partial charge < -0.3 is 5.73 Å². The summed E-state index contributed by atoms with van der Waals surface area (Å²) in [7, 11) is -2.15. The molecule has 112 valence electrons. The largest absolute Gasteiger partial charge is 0.398 e. The van der Waals surface area contributed by atoms with Gasteiger partial charge in [-0.1, -0.05) is 35.0 Å². The van der Waals surface area contributed by atoms with Crippen molar-refractivity contribution < 1.29 is 8.42 Å². The van der Waals surface area contributed by atoms with E-state index < -0.39 is 10.0 Å². The minimum absolute atomic E-state index is 0.104. The van der Waals surface area contributed by atoms with Gasteiger partial charge in [0.2, 0.25) is 0 Å². The van der Waals surface area contributed by atoms with Crippen LogP contribution in [-0.4, -0.2) is 15.5 Å². The fourth-order valence-electron chi connectivity index (χ4n) is 1.98. The number of anilines is 2. The van der Waals surface area contributed by atoms with Crippen molar-refractivity contribution in [3.05, 3.63) is 52.5 Å². The molecule has 4 nitrogen and oxygen atoms in total. The predicted octanol–water partition coefficient (Wildman–Crippen LogP) is 3.42. The summed E-state index contributed by atoms with van der Waals surface area (Å²) < 4.78 is 27.3. The monoisotopic (exact) mass is 368 g/mol. The van der Waals surface area contributed by atoms with Crippen molar-refractivity contribution in [3.8, 4) is 0 Å². The van der Waals surface area contributed by atoms with E-state index in [9.17, 15) is 8.42 Å². The summed E-state index contributed by atoms with van der Waals surface area (Å²) in [5.74, 6) is 0. The van der Waals surface area contributed by atoms with Crippen molar-refractivity contribution in [2.45, 2.75) is 18.2 Å². The standard InChI is InChI=1S/C15H17BrN2O2S/c1-3-11-4-7-13(8-5-11)18(2)21(19,20)15-9-6-12(16)10-14(15)17/h4-10H,3,17H2,1-2H3. The van der Waals surface area contributed by atoms with Crippen LogP contribution in [0.2, 0.25) is 0 Å². The molecule has 0 amide bonds. The number of nitrogens with two attached hydrogens (primary N) is 1. The van der Waals surface area contributed by atoms with E-state index in [-0.39, 0.29) is 10.6 Å². The van der Waals surface area contributed by atoms with Crippen molar-refractivity contribution in [2.75, 3.05) is 17.1 Å². The first-order valence-electron chi connectivity index (χ1n) is 6.49. The van der Waals surface area contributed by atoms with Crippen LogP contribution in [0.5, 0.6) is 0 Å². The van der Waals surface area contributed by atoms with E-state index in [4.69, 9.17) is 5.73 Å². The third kappa shape index (κ3) is 3.22. The molecule has 2 N–H and O–H groups in total. The van der Waals surface area contributed by atoms with Crippen LogP contribution in [-0.2, 0) is 16.4 Å². The number of benzene rings is 2. The average Bonchev–Trinajstić information content (AvgIpc) is 2.46. The molecule has 6 heteroatoms. The van der Waals surface area contributed by atoms with Gasteiger partial charge in [0, 0.05) is 11.5 Å². The van der Waals surface area contributed by atoms with Crippen molar-refractivity contribution in [1.29, 1.82) is 0 Å². The molecule has 0 saturated carbocycles. The molecule has 2 aromatic carbocycles. The van der Waals surface area contributed by atoms with Crippen LogP contribution in [0.25, 0.3) is 0 Å². The summed E-state index contributed by atoms with van der Waals surface area (Å²) in [6, 6.07) is 12.2. The first-order valence-corrected chi connectivity index (χ1v) is 8.72. The van der Waals surface area contributed by atoms with Crippen LogP contribution in [0.3, 0.4) is 0 Å².